The van der Waals surface area contributed by atoms with E-state index in [9.17, 15) is 0 Å². The van der Waals surface area contributed by atoms with Gasteiger partial charge in [-0.1, -0.05) is 97.6 Å². The van der Waals surface area contributed by atoms with Crippen LogP contribution in [-0.2, 0) is 0 Å². The second-order valence-electron chi connectivity index (χ2n) is 10.1. The Morgan fingerprint density at radius 2 is 1.54 bits per heavy atom. The van der Waals surface area contributed by atoms with Crippen LogP contribution in [0.25, 0.3) is 60.7 Å². The Hall–Kier alpha value is -5.41. The molecular weight excluding hydrogens is 498 g/mol. The lowest BCUT2D eigenvalue weighted by Gasteiger charge is -2.11. The molecule has 0 radical (unpaired) electrons. The largest absolute Gasteiger partial charge is 0.398 e. The molecule has 3 heteroatoms. The van der Waals surface area contributed by atoms with Crippen LogP contribution in [0.3, 0.4) is 0 Å². The van der Waals surface area contributed by atoms with Crippen molar-refractivity contribution in [2.75, 3.05) is 0 Å². The van der Waals surface area contributed by atoms with E-state index in [0.29, 0.717) is 0 Å². The molecule has 0 saturated heterocycles. The highest BCUT2D eigenvalue weighted by molar-refractivity contribution is 6.19. The molecule has 3 N–H and O–H groups in total. The van der Waals surface area contributed by atoms with Crippen molar-refractivity contribution < 1.29 is 0 Å². The van der Waals surface area contributed by atoms with E-state index in [4.69, 9.17) is 11.1 Å². The monoisotopic (exact) mass is 529 g/mol. The van der Waals surface area contributed by atoms with Crippen LogP contribution in [0.4, 0.5) is 0 Å². The molecule has 0 spiro atoms. The van der Waals surface area contributed by atoms with Gasteiger partial charge in [-0.25, -0.2) is 0 Å². The van der Waals surface area contributed by atoms with E-state index in [1.807, 2.05) is 31.2 Å². The highest BCUT2D eigenvalue weighted by Gasteiger charge is 2.16. The summed E-state index contributed by atoms with van der Waals surface area (Å²) in [7, 11) is 0. The lowest BCUT2D eigenvalue weighted by atomic mass is 9.98. The second-order valence-corrected chi connectivity index (χ2v) is 10.1. The first-order valence-corrected chi connectivity index (χ1v) is 13.7. The average Bonchev–Trinajstić information content (AvgIpc) is 3.36. The zero-order valence-corrected chi connectivity index (χ0v) is 23.0. The summed E-state index contributed by atoms with van der Waals surface area (Å²) in [5.41, 5.74) is 15.8. The predicted octanol–water partition coefficient (Wildman–Crippen LogP) is 9.70. The van der Waals surface area contributed by atoms with Gasteiger partial charge in [-0.3, -0.25) is 0 Å². The number of nitrogens with zero attached hydrogens (tertiary/aromatic N) is 1. The normalized spacial score (nSPS) is 12.3. The zero-order valence-electron chi connectivity index (χ0n) is 23.0. The maximum Gasteiger partial charge on any atom is 0.0619 e. The maximum absolute atomic E-state index is 7.29. The third-order valence-corrected chi connectivity index (χ3v) is 7.52. The fourth-order valence-electron chi connectivity index (χ4n) is 5.50. The van der Waals surface area contributed by atoms with Crippen molar-refractivity contribution in [1.82, 2.24) is 4.57 Å². The highest BCUT2D eigenvalue weighted by Crippen LogP contribution is 2.39. The molecule has 1 heterocycles. The van der Waals surface area contributed by atoms with Gasteiger partial charge in [0.25, 0.3) is 0 Å². The Morgan fingerprint density at radius 3 is 2.34 bits per heavy atom. The van der Waals surface area contributed by atoms with E-state index in [0.717, 1.165) is 50.1 Å². The zero-order chi connectivity index (χ0) is 28.3. The van der Waals surface area contributed by atoms with E-state index in [1.165, 1.54) is 27.9 Å². The van der Waals surface area contributed by atoms with Crippen LogP contribution in [0.5, 0.6) is 0 Å². The van der Waals surface area contributed by atoms with Gasteiger partial charge in [-0.15, -0.1) is 0 Å². The fraction of sp³-hybridized carbons (Fsp3) is 0.0263. The van der Waals surface area contributed by atoms with Crippen LogP contribution in [0.15, 0.2) is 140 Å². The second kappa shape index (κ2) is 11.0. The standard InChI is InChI=1S/C38H31N3/c1-3-4-15-36(40)31-18-19-33-30(24-31)17-21-35-34-20-16-29(28-12-8-11-27(23-28)26(2)10-9-22-39)25-37(34)41(38(33)35)32-13-6-5-7-14-32/h3-25,39H,2,40H2,1H3/b4-3-,10-9-,36-15-,39-22?. The number of allylic oxidation sites excluding steroid dienone is 6. The maximum atomic E-state index is 7.29. The van der Waals surface area contributed by atoms with Crippen molar-refractivity contribution in [3.05, 3.63) is 151 Å². The van der Waals surface area contributed by atoms with Gasteiger partial charge in [0.15, 0.2) is 0 Å². The summed E-state index contributed by atoms with van der Waals surface area (Å²) in [5.74, 6) is 0. The molecule has 0 saturated carbocycles. The number of hydrogen-bond acceptors (Lipinski definition) is 2. The molecule has 0 fully saturated rings. The molecule has 1 aromatic heterocycles. The van der Waals surface area contributed by atoms with Gasteiger partial charge >= 0.3 is 0 Å². The van der Waals surface area contributed by atoms with E-state index in [2.05, 4.69) is 114 Å². The van der Waals surface area contributed by atoms with Crippen LogP contribution < -0.4 is 5.73 Å². The summed E-state index contributed by atoms with van der Waals surface area (Å²) in [6, 6.07) is 36.6. The molecule has 198 valence electrons. The molecule has 0 aliphatic rings. The Balaban J connectivity index is 1.60. The first kappa shape index (κ1) is 25.8. The Kier molecular flexibility index (Phi) is 6.93. The molecule has 0 amide bonds. The predicted molar refractivity (Wildman–Crippen MR) is 178 cm³/mol. The summed E-state index contributed by atoms with van der Waals surface area (Å²) < 4.78 is 2.38. The van der Waals surface area contributed by atoms with Gasteiger partial charge in [0.2, 0.25) is 0 Å². The molecule has 5 aromatic carbocycles. The van der Waals surface area contributed by atoms with Crippen molar-refractivity contribution in [3.63, 3.8) is 0 Å². The number of fused-ring (bicyclic) bond motifs is 5. The molecule has 0 bridgehead atoms. The highest BCUT2D eigenvalue weighted by atomic mass is 15.0. The van der Waals surface area contributed by atoms with Gasteiger partial charge in [-0.05, 0) is 82.6 Å². The Morgan fingerprint density at radius 1 is 0.756 bits per heavy atom. The summed E-state index contributed by atoms with van der Waals surface area (Å²) in [5, 5.41) is 12.0. The number of hydrogen-bond donors (Lipinski definition) is 2. The topological polar surface area (TPSA) is 54.8 Å². The van der Waals surface area contributed by atoms with Crippen molar-refractivity contribution in [3.8, 4) is 16.8 Å². The number of aromatic nitrogens is 1. The molecule has 6 rings (SSSR count). The van der Waals surface area contributed by atoms with Crippen LogP contribution in [0, 0.1) is 5.41 Å². The third kappa shape index (κ3) is 4.79. The smallest absolute Gasteiger partial charge is 0.0619 e. The van der Waals surface area contributed by atoms with Crippen LogP contribution in [0.1, 0.15) is 18.1 Å². The van der Waals surface area contributed by atoms with E-state index < -0.39 is 0 Å². The molecule has 41 heavy (non-hydrogen) atoms. The Labute approximate surface area is 240 Å². The number of rotatable bonds is 7. The summed E-state index contributed by atoms with van der Waals surface area (Å²) in [6.45, 7) is 6.17. The number of benzene rings is 5. The lowest BCUT2D eigenvalue weighted by molar-refractivity contribution is 1.19. The van der Waals surface area contributed by atoms with E-state index in [-0.39, 0.29) is 0 Å². The van der Waals surface area contributed by atoms with Crippen LogP contribution in [-0.4, -0.2) is 10.8 Å². The van der Waals surface area contributed by atoms with Crippen LogP contribution in [0.2, 0.25) is 0 Å². The minimum absolute atomic E-state index is 0.747. The molecule has 3 nitrogen and oxygen atoms in total. The first-order chi connectivity index (χ1) is 20.1. The van der Waals surface area contributed by atoms with Gasteiger partial charge in [-0.2, -0.15) is 0 Å². The Bertz CT molecular complexity index is 2040. The van der Waals surface area contributed by atoms with Crippen molar-refractivity contribution in [2.24, 2.45) is 5.73 Å². The SMILES string of the molecule is C=C(/C=C\C=N)c1cccc(-c2ccc3c4ccc5cc(/C(N)=C/C=C\C)ccc5c4n(-c4ccccc4)c3c2)c1. The van der Waals surface area contributed by atoms with Gasteiger partial charge < -0.3 is 15.7 Å². The van der Waals surface area contributed by atoms with Crippen LogP contribution >= 0.6 is 0 Å². The molecule has 0 aliphatic carbocycles. The van der Waals surface area contributed by atoms with E-state index >= 15 is 0 Å². The molecular formula is C38H31N3. The average molecular weight is 530 g/mol. The summed E-state index contributed by atoms with van der Waals surface area (Å²) in [4.78, 5) is 0. The van der Waals surface area contributed by atoms with Crippen molar-refractivity contribution >= 4 is 50.1 Å². The van der Waals surface area contributed by atoms with Gasteiger partial charge in [0.05, 0.1) is 11.0 Å². The van der Waals surface area contributed by atoms with Gasteiger partial charge in [0.1, 0.15) is 0 Å². The fourth-order valence-corrected chi connectivity index (χ4v) is 5.50. The van der Waals surface area contributed by atoms with Crippen molar-refractivity contribution in [1.29, 1.82) is 5.41 Å². The van der Waals surface area contributed by atoms with E-state index in [1.54, 1.807) is 6.08 Å². The lowest BCUT2D eigenvalue weighted by Crippen LogP contribution is -1.97. The first-order valence-electron chi connectivity index (χ1n) is 13.7. The quantitative estimate of drug-likeness (QED) is 0.157. The van der Waals surface area contributed by atoms with Crippen molar-refractivity contribution in [2.45, 2.75) is 6.92 Å². The molecule has 0 unspecified atom stereocenters. The number of para-hydroxylation sites is 1. The molecule has 6 aromatic rings. The molecule has 0 aliphatic heterocycles. The number of nitrogens with two attached hydrogens (primary N) is 1. The van der Waals surface area contributed by atoms with Gasteiger partial charge in [0, 0.05) is 33.8 Å². The number of nitrogens with one attached hydrogen (secondary N) is 1. The minimum atomic E-state index is 0.747. The molecule has 0 atom stereocenters. The summed E-state index contributed by atoms with van der Waals surface area (Å²) >= 11 is 0. The summed E-state index contributed by atoms with van der Waals surface area (Å²) in [6.07, 6.45) is 10.7. The minimum Gasteiger partial charge on any atom is -0.398 e. The third-order valence-electron chi connectivity index (χ3n) is 7.52.